The Balaban J connectivity index is 1.74. The molecule has 2 aromatic rings. The summed E-state index contributed by atoms with van der Waals surface area (Å²) in [7, 11) is 0. The van der Waals surface area contributed by atoms with Gasteiger partial charge in [0, 0.05) is 17.3 Å². The van der Waals surface area contributed by atoms with Gasteiger partial charge in [-0.25, -0.2) is 18.7 Å². The number of nitrogens with zero attached hydrogens (tertiary/aromatic N) is 2. The summed E-state index contributed by atoms with van der Waals surface area (Å²) in [5.74, 6) is -1.83. The molecule has 0 bridgehead atoms. The van der Waals surface area contributed by atoms with E-state index < -0.39 is 24.0 Å². The van der Waals surface area contributed by atoms with Gasteiger partial charge in [-0.1, -0.05) is 0 Å². The second-order valence-electron chi connectivity index (χ2n) is 7.18. The minimum atomic E-state index is -1.17. The number of benzene rings is 1. The van der Waals surface area contributed by atoms with E-state index in [9.17, 15) is 18.8 Å². The molecular formula is C20H23FN4O4. The Morgan fingerprint density at radius 1 is 1.14 bits per heavy atom. The summed E-state index contributed by atoms with van der Waals surface area (Å²) < 4.78 is 20.1. The maximum atomic E-state index is 13.2. The van der Waals surface area contributed by atoms with Crippen molar-refractivity contribution in [2.75, 3.05) is 0 Å². The molecule has 3 amide bonds. The van der Waals surface area contributed by atoms with Gasteiger partial charge in [0.15, 0.2) is 11.8 Å². The number of ether oxygens (including phenoxy) is 1. The molecule has 1 aromatic carbocycles. The number of carbonyl (C=O) groups is 3. The molecule has 0 aliphatic heterocycles. The van der Waals surface area contributed by atoms with Crippen molar-refractivity contribution in [2.45, 2.75) is 52.2 Å². The largest absolute Gasteiger partial charge is 0.448 e. The molecule has 2 N–H and O–H groups in total. The Hall–Kier alpha value is -3.23. The number of hydrogen-bond acceptors (Lipinski definition) is 5. The summed E-state index contributed by atoms with van der Waals surface area (Å²) in [5.41, 5.74) is 2.41. The molecule has 9 heteroatoms. The molecule has 0 saturated carbocycles. The molecular weight excluding hydrogens is 379 g/mol. The number of amides is 3. The van der Waals surface area contributed by atoms with Gasteiger partial charge in [0.1, 0.15) is 5.82 Å². The van der Waals surface area contributed by atoms with Gasteiger partial charge in [-0.3, -0.25) is 10.1 Å². The smallest absolute Gasteiger partial charge is 0.359 e. The second-order valence-corrected chi connectivity index (χ2v) is 7.18. The van der Waals surface area contributed by atoms with Gasteiger partial charge in [-0.2, -0.15) is 5.10 Å². The summed E-state index contributed by atoms with van der Waals surface area (Å²) >= 11 is 0. The normalized spacial score (nSPS) is 13.7. The van der Waals surface area contributed by atoms with Crippen molar-refractivity contribution in [3.05, 3.63) is 47.0 Å². The minimum absolute atomic E-state index is 0.133. The average Bonchev–Trinajstić information content (AvgIpc) is 3.24. The average molecular weight is 402 g/mol. The number of carbonyl (C=O) groups excluding carboxylic acids is 3. The Bertz CT molecular complexity index is 937. The van der Waals surface area contributed by atoms with Gasteiger partial charge in [-0.15, -0.1) is 0 Å². The fourth-order valence-electron chi connectivity index (χ4n) is 3.18. The molecule has 1 aliphatic rings. The number of rotatable bonds is 5. The molecule has 154 valence electrons. The fraction of sp³-hybridized carbons (Fsp3) is 0.400. The van der Waals surface area contributed by atoms with Crippen LogP contribution in [0.5, 0.6) is 0 Å². The predicted octanol–water partition coefficient (Wildman–Crippen LogP) is 2.28. The highest BCUT2D eigenvalue weighted by Crippen LogP contribution is 2.28. The number of fused-ring (bicyclic) bond motifs is 1. The standard InChI is InChI=1S/C20H23FN4O4/c1-11(2)22-20(28)23-18(26)12(3)29-19(27)17-15-5-4-6-16(15)25(24-17)14-9-7-13(21)8-10-14/h7-12H,4-6H2,1-3H3,(H2,22,23,26,28)/t12-/m0/s1. The first-order valence-electron chi connectivity index (χ1n) is 9.45. The Morgan fingerprint density at radius 3 is 2.48 bits per heavy atom. The zero-order valence-corrected chi connectivity index (χ0v) is 16.5. The van der Waals surface area contributed by atoms with E-state index in [0.29, 0.717) is 12.1 Å². The third-order valence-corrected chi connectivity index (χ3v) is 4.50. The van der Waals surface area contributed by atoms with Crippen LogP contribution in [0.15, 0.2) is 24.3 Å². The zero-order chi connectivity index (χ0) is 21.1. The van der Waals surface area contributed by atoms with Crippen LogP contribution in [0.2, 0.25) is 0 Å². The van der Waals surface area contributed by atoms with Crippen LogP contribution in [0.25, 0.3) is 5.69 Å². The predicted molar refractivity (Wildman–Crippen MR) is 102 cm³/mol. The third kappa shape index (κ3) is 4.61. The van der Waals surface area contributed by atoms with Crippen molar-refractivity contribution in [3.63, 3.8) is 0 Å². The van der Waals surface area contributed by atoms with E-state index in [2.05, 4.69) is 15.7 Å². The lowest BCUT2D eigenvalue weighted by molar-refractivity contribution is -0.127. The monoisotopic (exact) mass is 402 g/mol. The summed E-state index contributed by atoms with van der Waals surface area (Å²) in [6.07, 6.45) is 1.09. The third-order valence-electron chi connectivity index (χ3n) is 4.50. The number of imide groups is 1. The molecule has 29 heavy (non-hydrogen) atoms. The van der Waals surface area contributed by atoms with Crippen LogP contribution < -0.4 is 10.6 Å². The lowest BCUT2D eigenvalue weighted by Gasteiger charge is -2.14. The van der Waals surface area contributed by atoms with E-state index in [0.717, 1.165) is 24.1 Å². The molecule has 0 saturated heterocycles. The van der Waals surface area contributed by atoms with Crippen LogP contribution >= 0.6 is 0 Å². The van der Waals surface area contributed by atoms with Gasteiger partial charge in [0.05, 0.1) is 5.69 Å². The van der Waals surface area contributed by atoms with E-state index in [1.54, 1.807) is 30.7 Å². The van der Waals surface area contributed by atoms with Gasteiger partial charge >= 0.3 is 12.0 Å². The van der Waals surface area contributed by atoms with Crippen LogP contribution in [0.3, 0.4) is 0 Å². The van der Waals surface area contributed by atoms with Crippen LogP contribution in [-0.4, -0.2) is 39.8 Å². The number of halogens is 1. The highest BCUT2D eigenvalue weighted by Gasteiger charge is 2.30. The fourth-order valence-corrected chi connectivity index (χ4v) is 3.18. The van der Waals surface area contributed by atoms with E-state index in [1.807, 2.05) is 0 Å². The highest BCUT2D eigenvalue weighted by molar-refractivity contribution is 5.98. The molecule has 0 radical (unpaired) electrons. The first kappa shape index (κ1) is 20.5. The van der Waals surface area contributed by atoms with Gasteiger partial charge in [0.25, 0.3) is 5.91 Å². The quantitative estimate of drug-likeness (QED) is 0.747. The Labute approximate surface area is 167 Å². The molecule has 1 atom stereocenters. The number of nitrogens with one attached hydrogen (secondary N) is 2. The summed E-state index contributed by atoms with van der Waals surface area (Å²) in [6.45, 7) is 4.89. The van der Waals surface area contributed by atoms with Crippen molar-refractivity contribution < 1.29 is 23.5 Å². The summed E-state index contributed by atoms with van der Waals surface area (Å²) in [5, 5.41) is 9.00. The topological polar surface area (TPSA) is 102 Å². The first-order chi connectivity index (χ1) is 13.8. The Morgan fingerprint density at radius 2 is 1.83 bits per heavy atom. The Kier molecular flexibility index (Phi) is 5.95. The van der Waals surface area contributed by atoms with Crippen molar-refractivity contribution in [3.8, 4) is 5.69 Å². The maximum absolute atomic E-state index is 13.2. The molecule has 8 nitrogen and oxygen atoms in total. The summed E-state index contributed by atoms with van der Waals surface area (Å²) in [6, 6.07) is 5.02. The molecule has 0 unspecified atom stereocenters. The van der Waals surface area contributed by atoms with E-state index >= 15 is 0 Å². The maximum Gasteiger partial charge on any atom is 0.359 e. The van der Waals surface area contributed by atoms with Gasteiger partial charge < -0.3 is 10.1 Å². The zero-order valence-electron chi connectivity index (χ0n) is 16.5. The molecule has 0 fully saturated rings. The van der Waals surface area contributed by atoms with E-state index in [-0.39, 0.29) is 17.6 Å². The number of hydrogen-bond donors (Lipinski definition) is 2. The van der Waals surface area contributed by atoms with Crippen LogP contribution in [-0.2, 0) is 22.4 Å². The van der Waals surface area contributed by atoms with Crippen molar-refractivity contribution >= 4 is 17.9 Å². The molecule has 3 rings (SSSR count). The minimum Gasteiger partial charge on any atom is -0.448 e. The molecule has 1 aromatic heterocycles. The van der Waals surface area contributed by atoms with Crippen molar-refractivity contribution in [1.82, 2.24) is 20.4 Å². The van der Waals surface area contributed by atoms with Crippen LogP contribution in [0.4, 0.5) is 9.18 Å². The SMILES string of the molecule is CC(C)NC(=O)NC(=O)[C@H](C)OC(=O)c1nn(-c2ccc(F)cc2)c2c1CCC2. The van der Waals surface area contributed by atoms with Crippen molar-refractivity contribution in [1.29, 1.82) is 0 Å². The lowest BCUT2D eigenvalue weighted by atomic mass is 10.2. The van der Waals surface area contributed by atoms with Gasteiger partial charge in [0.2, 0.25) is 0 Å². The van der Waals surface area contributed by atoms with E-state index in [1.165, 1.54) is 19.1 Å². The number of aromatic nitrogens is 2. The second kappa shape index (κ2) is 8.42. The van der Waals surface area contributed by atoms with Crippen LogP contribution in [0.1, 0.15) is 48.9 Å². The van der Waals surface area contributed by atoms with E-state index in [4.69, 9.17) is 4.74 Å². The highest BCUT2D eigenvalue weighted by atomic mass is 19.1. The first-order valence-corrected chi connectivity index (χ1v) is 9.45. The molecule has 1 aliphatic carbocycles. The molecule has 0 spiro atoms. The molecule has 1 heterocycles. The van der Waals surface area contributed by atoms with Crippen molar-refractivity contribution in [2.24, 2.45) is 0 Å². The summed E-state index contributed by atoms with van der Waals surface area (Å²) in [4.78, 5) is 36.4. The lowest BCUT2D eigenvalue weighted by Crippen LogP contribution is -2.46. The number of urea groups is 1. The van der Waals surface area contributed by atoms with Gasteiger partial charge in [-0.05, 0) is 64.3 Å². The number of esters is 1. The van der Waals surface area contributed by atoms with Crippen LogP contribution in [0, 0.1) is 5.82 Å².